The first-order valence-electron chi connectivity index (χ1n) is 2.31. The highest BCUT2D eigenvalue weighted by Gasteiger charge is 1.96. The van der Waals surface area contributed by atoms with Gasteiger partial charge in [-0.15, -0.1) is 0 Å². The molecule has 0 amide bonds. The fourth-order valence-electron chi connectivity index (χ4n) is 0.311. The largest absolute Gasteiger partial charge is 0.381 e. The third kappa shape index (κ3) is 3.90. The smallest absolute Gasteiger partial charge is 0.187 e. The summed E-state index contributed by atoms with van der Waals surface area (Å²) in [5.41, 5.74) is 0. The lowest BCUT2D eigenvalue weighted by atomic mass is 10.4. The Bertz CT molecular complexity index is 55.7. The molecule has 0 aromatic carbocycles. The molecule has 0 heterocycles. The van der Waals surface area contributed by atoms with Crippen LogP contribution in [0.4, 0.5) is 0 Å². The fraction of sp³-hybridized carbons (Fsp3) is 1.00. The first kappa shape index (κ1) is 7.06. The van der Waals surface area contributed by atoms with Crippen molar-refractivity contribution in [1.82, 2.24) is 0 Å². The van der Waals surface area contributed by atoms with Gasteiger partial charge in [0, 0.05) is 0 Å². The van der Waals surface area contributed by atoms with Gasteiger partial charge in [-0.3, -0.25) is 4.57 Å². The Morgan fingerprint density at radius 3 is 2.57 bits per heavy atom. The zero-order chi connectivity index (χ0) is 5.70. The fourth-order valence-corrected chi connectivity index (χ4v) is 0.675. The maximum absolute atomic E-state index is 9.74. The molecule has 1 unspecified atom stereocenters. The van der Waals surface area contributed by atoms with E-state index in [0.717, 1.165) is 6.42 Å². The zero-order valence-electron chi connectivity index (χ0n) is 4.29. The van der Waals surface area contributed by atoms with Crippen LogP contribution in [-0.2, 0) is 4.57 Å². The predicted molar refractivity (Wildman–Crippen MR) is 28.5 cm³/mol. The van der Waals surface area contributed by atoms with Crippen molar-refractivity contribution in [1.29, 1.82) is 0 Å². The molecule has 0 aliphatic rings. The molecule has 7 heavy (non-hydrogen) atoms. The van der Waals surface area contributed by atoms with E-state index in [1.165, 1.54) is 0 Å². The molecule has 0 radical (unpaired) electrons. The Hall–Kier alpha value is 0.0600. The van der Waals surface area contributed by atoms with Crippen LogP contribution >= 0.6 is 8.46 Å². The second-order valence-electron chi connectivity index (χ2n) is 1.37. The SMILES string of the molecule is CCCC(O)P=O. The van der Waals surface area contributed by atoms with Crippen molar-refractivity contribution in [3.63, 3.8) is 0 Å². The van der Waals surface area contributed by atoms with Crippen LogP contribution in [0.3, 0.4) is 0 Å². The Kier molecular flexibility index (Phi) is 4.26. The molecule has 0 saturated carbocycles. The standard InChI is InChI=1S/C4H9O2P/c1-2-3-4(5)7-6/h4-5H,2-3H2,1H3. The van der Waals surface area contributed by atoms with E-state index in [-0.39, 0.29) is 8.46 Å². The van der Waals surface area contributed by atoms with Gasteiger partial charge in [-0.05, 0) is 6.42 Å². The van der Waals surface area contributed by atoms with Crippen molar-refractivity contribution in [3.05, 3.63) is 0 Å². The molecule has 0 bridgehead atoms. The van der Waals surface area contributed by atoms with Crippen molar-refractivity contribution < 1.29 is 9.67 Å². The maximum Gasteiger partial charge on any atom is 0.187 e. The summed E-state index contributed by atoms with van der Waals surface area (Å²) in [4.78, 5) is 0. The molecule has 0 spiro atoms. The molecule has 0 aromatic rings. The summed E-state index contributed by atoms with van der Waals surface area (Å²) in [6, 6.07) is 0. The minimum atomic E-state index is -0.634. The lowest BCUT2D eigenvalue weighted by Crippen LogP contribution is -1.92. The van der Waals surface area contributed by atoms with E-state index in [9.17, 15) is 4.57 Å². The third-order valence-corrected chi connectivity index (χ3v) is 1.17. The van der Waals surface area contributed by atoms with Gasteiger partial charge in [0.15, 0.2) is 8.46 Å². The summed E-state index contributed by atoms with van der Waals surface area (Å²) in [5.74, 6) is -0.634. The average Bonchev–Trinajstić information content (AvgIpc) is 1.68. The zero-order valence-corrected chi connectivity index (χ0v) is 5.19. The highest BCUT2D eigenvalue weighted by atomic mass is 31.1. The number of hydrogen-bond donors (Lipinski definition) is 1. The van der Waals surface area contributed by atoms with E-state index >= 15 is 0 Å². The summed E-state index contributed by atoms with van der Waals surface area (Å²) in [7, 11) is -0.151. The molecule has 1 atom stereocenters. The molecule has 0 fully saturated rings. The van der Waals surface area contributed by atoms with E-state index < -0.39 is 5.85 Å². The Balaban J connectivity index is 2.98. The summed E-state index contributed by atoms with van der Waals surface area (Å²) >= 11 is 0. The molecule has 3 heteroatoms. The van der Waals surface area contributed by atoms with E-state index in [4.69, 9.17) is 5.11 Å². The molecule has 0 aromatic heterocycles. The maximum atomic E-state index is 9.74. The summed E-state index contributed by atoms with van der Waals surface area (Å²) in [6.45, 7) is 1.94. The van der Waals surface area contributed by atoms with Gasteiger partial charge in [0.05, 0.1) is 0 Å². The summed E-state index contributed by atoms with van der Waals surface area (Å²) in [5, 5.41) is 8.53. The van der Waals surface area contributed by atoms with Gasteiger partial charge >= 0.3 is 0 Å². The normalized spacial score (nSPS) is 14.6. The van der Waals surface area contributed by atoms with Crippen molar-refractivity contribution in [2.45, 2.75) is 25.6 Å². The topological polar surface area (TPSA) is 37.3 Å². The van der Waals surface area contributed by atoms with Crippen molar-refractivity contribution in [2.24, 2.45) is 0 Å². The van der Waals surface area contributed by atoms with Gasteiger partial charge < -0.3 is 5.11 Å². The molecule has 0 rings (SSSR count). The summed E-state index contributed by atoms with van der Waals surface area (Å²) < 4.78 is 9.74. The van der Waals surface area contributed by atoms with Gasteiger partial charge in [0.25, 0.3) is 0 Å². The van der Waals surface area contributed by atoms with Crippen LogP contribution in [-0.4, -0.2) is 11.0 Å². The van der Waals surface area contributed by atoms with E-state index in [1.807, 2.05) is 6.92 Å². The second kappa shape index (κ2) is 4.23. The van der Waals surface area contributed by atoms with Crippen LogP contribution in [0.15, 0.2) is 0 Å². The quantitative estimate of drug-likeness (QED) is 0.571. The lowest BCUT2D eigenvalue weighted by Gasteiger charge is -1.93. The number of rotatable bonds is 3. The van der Waals surface area contributed by atoms with E-state index in [0.29, 0.717) is 6.42 Å². The minimum absolute atomic E-state index is 0.151. The van der Waals surface area contributed by atoms with Crippen molar-refractivity contribution >= 4 is 8.46 Å². The van der Waals surface area contributed by atoms with E-state index in [2.05, 4.69) is 0 Å². The Morgan fingerprint density at radius 1 is 1.86 bits per heavy atom. The molecule has 42 valence electrons. The minimum Gasteiger partial charge on any atom is -0.381 e. The van der Waals surface area contributed by atoms with Crippen LogP contribution < -0.4 is 0 Å². The first-order valence-corrected chi connectivity index (χ1v) is 3.20. The molecule has 0 aliphatic heterocycles. The van der Waals surface area contributed by atoms with Crippen LogP contribution in [0, 0.1) is 0 Å². The van der Waals surface area contributed by atoms with Crippen molar-refractivity contribution in [3.8, 4) is 0 Å². The highest BCUT2D eigenvalue weighted by Crippen LogP contribution is 2.07. The molecule has 0 aliphatic carbocycles. The third-order valence-electron chi connectivity index (χ3n) is 0.669. The molecular weight excluding hydrogens is 111 g/mol. The second-order valence-corrected chi connectivity index (χ2v) is 2.18. The number of aliphatic hydroxyl groups is 1. The van der Waals surface area contributed by atoms with Crippen LogP contribution in [0.25, 0.3) is 0 Å². The van der Waals surface area contributed by atoms with Crippen LogP contribution in [0.1, 0.15) is 19.8 Å². The number of aliphatic hydroxyl groups excluding tert-OH is 1. The molecule has 0 saturated heterocycles. The molecule has 2 nitrogen and oxygen atoms in total. The van der Waals surface area contributed by atoms with Gasteiger partial charge in [-0.2, -0.15) is 0 Å². The molecular formula is C4H9O2P. The van der Waals surface area contributed by atoms with Crippen LogP contribution in [0.5, 0.6) is 0 Å². The highest BCUT2D eigenvalue weighted by molar-refractivity contribution is 7.24. The Labute approximate surface area is 44.7 Å². The monoisotopic (exact) mass is 120 g/mol. The molecule has 1 N–H and O–H groups in total. The lowest BCUT2D eigenvalue weighted by molar-refractivity contribution is 0.244. The Morgan fingerprint density at radius 2 is 2.43 bits per heavy atom. The predicted octanol–water partition coefficient (Wildman–Crippen LogP) is 1.40. The van der Waals surface area contributed by atoms with Gasteiger partial charge in [0.1, 0.15) is 5.85 Å². The van der Waals surface area contributed by atoms with Gasteiger partial charge in [-0.25, -0.2) is 0 Å². The van der Waals surface area contributed by atoms with Crippen LogP contribution in [0.2, 0.25) is 0 Å². The summed E-state index contributed by atoms with van der Waals surface area (Å²) in [6.07, 6.45) is 1.52. The van der Waals surface area contributed by atoms with Gasteiger partial charge in [0.2, 0.25) is 0 Å². The van der Waals surface area contributed by atoms with Crippen molar-refractivity contribution in [2.75, 3.05) is 0 Å². The van der Waals surface area contributed by atoms with E-state index in [1.54, 1.807) is 0 Å². The van der Waals surface area contributed by atoms with Gasteiger partial charge in [-0.1, -0.05) is 13.3 Å². The first-order chi connectivity index (χ1) is 3.31. The average molecular weight is 120 g/mol. The number of hydrogen-bond acceptors (Lipinski definition) is 2.